The van der Waals surface area contributed by atoms with Gasteiger partial charge in [-0.1, -0.05) is 36.4 Å². The van der Waals surface area contributed by atoms with Gasteiger partial charge in [-0.15, -0.1) is 0 Å². The maximum Gasteiger partial charge on any atom is 0.252 e. The lowest BCUT2D eigenvalue weighted by Crippen LogP contribution is -2.16. The smallest absolute Gasteiger partial charge is 0.252 e. The van der Waals surface area contributed by atoms with Crippen molar-refractivity contribution in [1.29, 1.82) is 0 Å². The Morgan fingerprint density at radius 3 is 2.65 bits per heavy atom. The molecule has 6 nitrogen and oxygen atoms in total. The van der Waals surface area contributed by atoms with Gasteiger partial charge in [-0.25, -0.2) is 0 Å². The zero-order chi connectivity index (χ0) is 18.4. The van der Waals surface area contributed by atoms with E-state index in [0.717, 1.165) is 17.0 Å². The van der Waals surface area contributed by atoms with E-state index in [1.54, 1.807) is 13.3 Å². The molecule has 6 heteroatoms. The average molecular weight is 348 g/mol. The molecule has 132 valence electrons. The summed E-state index contributed by atoms with van der Waals surface area (Å²) in [6, 6.07) is 17.4. The number of nitrogens with zero attached hydrogens (tertiary/aromatic N) is 1. The molecule has 0 aliphatic heterocycles. The number of methoxy groups -OCH3 is 1. The summed E-state index contributed by atoms with van der Waals surface area (Å²) in [7, 11) is 1.61. The van der Waals surface area contributed by atoms with Crippen molar-refractivity contribution in [3.63, 3.8) is 0 Å². The third-order valence-electron chi connectivity index (χ3n) is 3.87. The number of pyridine rings is 1. The van der Waals surface area contributed by atoms with Gasteiger partial charge in [0, 0.05) is 24.5 Å². The molecule has 2 aromatic carbocycles. The lowest BCUT2D eigenvalue weighted by Gasteiger charge is -2.16. The zero-order valence-corrected chi connectivity index (χ0v) is 14.4. The summed E-state index contributed by atoms with van der Waals surface area (Å²) in [5.74, 6) is 0.190. The first-order valence-electron chi connectivity index (χ1n) is 8.14. The molecule has 0 aliphatic rings. The molecule has 0 unspecified atom stereocenters. The minimum Gasteiger partial charge on any atom is -0.497 e. The Bertz CT molecular complexity index is 897. The standard InChI is InChI=1S/C20H20N4O2/c1-26-16-9-5-8-15(10-16)24-18-13-22-12-17(20(21)25)19(18)23-11-14-6-3-2-4-7-14/h2-10,12-13,24H,11H2,1H3,(H2,21,25)(H,22,23). The molecule has 0 aliphatic carbocycles. The van der Waals surface area contributed by atoms with Crippen molar-refractivity contribution in [3.8, 4) is 5.75 Å². The summed E-state index contributed by atoms with van der Waals surface area (Å²) in [5.41, 5.74) is 9.03. The van der Waals surface area contributed by atoms with Gasteiger partial charge < -0.3 is 21.1 Å². The molecule has 0 saturated carbocycles. The Hall–Kier alpha value is -3.54. The van der Waals surface area contributed by atoms with Gasteiger partial charge in [-0.2, -0.15) is 0 Å². The third kappa shape index (κ3) is 4.10. The van der Waals surface area contributed by atoms with E-state index in [1.165, 1.54) is 6.20 Å². The highest BCUT2D eigenvalue weighted by molar-refractivity contribution is 6.01. The van der Waals surface area contributed by atoms with Crippen molar-refractivity contribution in [1.82, 2.24) is 4.98 Å². The molecule has 1 aromatic heterocycles. The number of nitrogens with two attached hydrogens (primary N) is 1. The van der Waals surface area contributed by atoms with E-state index in [1.807, 2.05) is 54.6 Å². The quantitative estimate of drug-likeness (QED) is 0.608. The van der Waals surface area contributed by atoms with E-state index in [-0.39, 0.29) is 0 Å². The van der Waals surface area contributed by atoms with Crippen LogP contribution in [0.15, 0.2) is 67.0 Å². The number of rotatable bonds is 7. The number of amides is 1. The molecule has 1 amide bonds. The van der Waals surface area contributed by atoms with Crippen LogP contribution >= 0.6 is 0 Å². The number of carbonyl (C=O) groups is 1. The van der Waals surface area contributed by atoms with Gasteiger partial charge in [0.05, 0.1) is 30.2 Å². The number of primary amides is 1. The van der Waals surface area contributed by atoms with Crippen molar-refractivity contribution in [3.05, 3.63) is 78.1 Å². The van der Waals surface area contributed by atoms with Crippen molar-refractivity contribution >= 4 is 23.0 Å². The average Bonchev–Trinajstić information content (AvgIpc) is 2.67. The van der Waals surface area contributed by atoms with Gasteiger partial charge in [0.25, 0.3) is 5.91 Å². The maximum absolute atomic E-state index is 11.8. The summed E-state index contributed by atoms with van der Waals surface area (Å²) in [6.07, 6.45) is 3.12. The number of anilines is 3. The molecule has 0 saturated heterocycles. The number of benzene rings is 2. The first-order valence-corrected chi connectivity index (χ1v) is 8.14. The van der Waals surface area contributed by atoms with Gasteiger partial charge >= 0.3 is 0 Å². The summed E-state index contributed by atoms with van der Waals surface area (Å²) in [6.45, 7) is 0.553. The van der Waals surface area contributed by atoms with Crippen LogP contribution in [0.3, 0.4) is 0 Å². The molecule has 3 aromatic rings. The molecule has 26 heavy (non-hydrogen) atoms. The van der Waals surface area contributed by atoms with Gasteiger partial charge in [0.15, 0.2) is 0 Å². The minimum absolute atomic E-state index is 0.328. The fraction of sp³-hybridized carbons (Fsp3) is 0.100. The number of carbonyl (C=O) groups excluding carboxylic acids is 1. The van der Waals surface area contributed by atoms with Crippen LogP contribution in [0, 0.1) is 0 Å². The minimum atomic E-state index is -0.539. The highest BCUT2D eigenvalue weighted by atomic mass is 16.5. The van der Waals surface area contributed by atoms with E-state index in [2.05, 4.69) is 15.6 Å². The highest BCUT2D eigenvalue weighted by Crippen LogP contribution is 2.29. The zero-order valence-electron chi connectivity index (χ0n) is 14.4. The maximum atomic E-state index is 11.8. The van der Waals surface area contributed by atoms with Crippen LogP contribution in [0.2, 0.25) is 0 Å². The van der Waals surface area contributed by atoms with Gasteiger partial charge in [-0.3, -0.25) is 9.78 Å². The summed E-state index contributed by atoms with van der Waals surface area (Å²) in [4.78, 5) is 16.0. The second-order valence-corrected chi connectivity index (χ2v) is 5.67. The normalized spacial score (nSPS) is 10.2. The highest BCUT2D eigenvalue weighted by Gasteiger charge is 2.14. The van der Waals surface area contributed by atoms with Crippen LogP contribution in [0.25, 0.3) is 0 Å². The van der Waals surface area contributed by atoms with Gasteiger partial charge in [-0.05, 0) is 17.7 Å². The lowest BCUT2D eigenvalue weighted by atomic mass is 10.1. The number of nitrogens with one attached hydrogen (secondary N) is 2. The first-order chi connectivity index (χ1) is 12.7. The van der Waals surface area contributed by atoms with Gasteiger partial charge in [0.1, 0.15) is 5.75 Å². The molecule has 0 bridgehead atoms. The molecular weight excluding hydrogens is 328 g/mol. The molecule has 0 radical (unpaired) electrons. The monoisotopic (exact) mass is 348 g/mol. The molecule has 3 rings (SSSR count). The SMILES string of the molecule is COc1cccc(Nc2cncc(C(N)=O)c2NCc2ccccc2)c1. The number of aromatic nitrogens is 1. The second-order valence-electron chi connectivity index (χ2n) is 5.67. The van der Waals surface area contributed by atoms with Crippen molar-refractivity contribution in [2.75, 3.05) is 17.7 Å². The fourth-order valence-corrected chi connectivity index (χ4v) is 2.58. The first kappa shape index (κ1) is 17.3. The van der Waals surface area contributed by atoms with Crippen LogP contribution in [-0.4, -0.2) is 18.0 Å². The van der Waals surface area contributed by atoms with Crippen molar-refractivity contribution < 1.29 is 9.53 Å². The van der Waals surface area contributed by atoms with Crippen LogP contribution in [0.5, 0.6) is 5.75 Å². The summed E-state index contributed by atoms with van der Waals surface area (Å²) in [5, 5.41) is 6.56. The molecule has 1 heterocycles. The van der Waals surface area contributed by atoms with Crippen LogP contribution in [-0.2, 0) is 6.54 Å². The number of ether oxygens (including phenoxy) is 1. The molecule has 0 spiro atoms. The van der Waals surface area contributed by atoms with E-state index in [4.69, 9.17) is 10.5 Å². The largest absolute Gasteiger partial charge is 0.497 e. The van der Waals surface area contributed by atoms with Crippen molar-refractivity contribution in [2.45, 2.75) is 6.54 Å². The third-order valence-corrected chi connectivity index (χ3v) is 3.87. The van der Waals surface area contributed by atoms with E-state index in [0.29, 0.717) is 23.5 Å². The predicted octanol–water partition coefficient (Wildman–Crippen LogP) is 3.54. The number of hydrogen-bond donors (Lipinski definition) is 3. The Balaban J connectivity index is 1.91. The Morgan fingerprint density at radius 2 is 1.92 bits per heavy atom. The summed E-state index contributed by atoms with van der Waals surface area (Å²) < 4.78 is 5.24. The van der Waals surface area contributed by atoms with E-state index in [9.17, 15) is 4.79 Å². The van der Waals surface area contributed by atoms with E-state index < -0.39 is 5.91 Å². The Labute approximate surface area is 152 Å². The molecular formula is C20H20N4O2. The van der Waals surface area contributed by atoms with E-state index >= 15 is 0 Å². The van der Waals surface area contributed by atoms with Crippen molar-refractivity contribution in [2.24, 2.45) is 5.73 Å². The predicted molar refractivity (Wildman–Crippen MR) is 103 cm³/mol. The fourth-order valence-electron chi connectivity index (χ4n) is 2.58. The van der Waals surface area contributed by atoms with Crippen LogP contribution in [0.4, 0.5) is 17.1 Å². The summed E-state index contributed by atoms with van der Waals surface area (Å²) >= 11 is 0. The second kappa shape index (κ2) is 8.02. The van der Waals surface area contributed by atoms with Gasteiger partial charge in [0.2, 0.25) is 0 Å². The van der Waals surface area contributed by atoms with Crippen LogP contribution < -0.4 is 21.1 Å². The molecule has 0 fully saturated rings. The Morgan fingerprint density at radius 1 is 1.12 bits per heavy atom. The lowest BCUT2D eigenvalue weighted by molar-refractivity contribution is 0.100. The van der Waals surface area contributed by atoms with Crippen LogP contribution in [0.1, 0.15) is 15.9 Å². The Kier molecular flexibility index (Phi) is 5.34. The number of hydrogen-bond acceptors (Lipinski definition) is 5. The molecule has 4 N–H and O–H groups in total. The molecule has 0 atom stereocenters. The topological polar surface area (TPSA) is 89.3 Å².